The third kappa shape index (κ3) is 1.41. The van der Waals surface area contributed by atoms with Crippen molar-refractivity contribution in [1.82, 2.24) is 0 Å². The Kier molecular flexibility index (Phi) is 2.76. The Hall–Kier alpha value is -1.16. The summed E-state index contributed by atoms with van der Waals surface area (Å²) in [6.07, 6.45) is 0. The molecule has 0 amide bonds. The molecule has 0 aliphatic carbocycles. The van der Waals surface area contributed by atoms with E-state index in [0.29, 0.717) is 0 Å². The molecule has 0 atom stereocenters. The number of benzene rings is 1. The summed E-state index contributed by atoms with van der Waals surface area (Å²) >= 11 is 0. The molecule has 1 rings (SSSR count). The lowest BCUT2D eigenvalue weighted by molar-refractivity contribution is 0.407. The van der Waals surface area contributed by atoms with Crippen molar-refractivity contribution < 1.29 is 19.4 Å². The van der Waals surface area contributed by atoms with Crippen LogP contribution in [0.3, 0.4) is 0 Å². The summed E-state index contributed by atoms with van der Waals surface area (Å²) in [5.41, 5.74) is 0. The van der Waals surface area contributed by atoms with E-state index in [0.717, 1.165) is 12.1 Å². The van der Waals surface area contributed by atoms with Crippen molar-refractivity contribution in [3.05, 3.63) is 29.8 Å². The fourth-order valence-electron chi connectivity index (χ4n) is 0.492. The third-order valence-electron chi connectivity index (χ3n) is 0.931. The van der Waals surface area contributed by atoms with Crippen molar-refractivity contribution in [2.75, 3.05) is 0 Å². The molecule has 0 aromatic heterocycles. The fraction of sp³-hybridized carbons (Fsp3) is 0. The minimum atomic E-state index is -1.20. The molecule has 56 valence electrons. The van der Waals surface area contributed by atoms with E-state index < -0.39 is 17.4 Å². The van der Waals surface area contributed by atoms with E-state index in [1.165, 1.54) is 6.07 Å². The van der Waals surface area contributed by atoms with Crippen LogP contribution in [-0.4, -0.2) is 10.6 Å². The Morgan fingerprint density at radius 3 is 2.20 bits per heavy atom. The van der Waals surface area contributed by atoms with Crippen LogP contribution >= 0.6 is 0 Å². The van der Waals surface area contributed by atoms with Gasteiger partial charge in [-0.25, -0.2) is 4.39 Å². The molecule has 4 heteroatoms. The van der Waals surface area contributed by atoms with E-state index in [1.807, 2.05) is 0 Å². The number of phenols is 1. The molecule has 0 aliphatic heterocycles. The van der Waals surface area contributed by atoms with Crippen LogP contribution in [0.25, 0.3) is 0 Å². The smallest absolute Gasteiger partial charge is 0.200 e. The summed E-state index contributed by atoms with van der Waals surface area (Å²) in [6, 6.07) is 3.25. The Labute approximate surface area is 56.0 Å². The lowest BCUT2D eigenvalue weighted by Crippen LogP contribution is -1.81. The molecule has 0 saturated carbocycles. The molecule has 1 aromatic carbocycles. The quantitative estimate of drug-likeness (QED) is 0.582. The molecule has 1 aromatic rings. The lowest BCUT2D eigenvalue weighted by atomic mass is 10.3. The predicted octanol–water partition coefficient (Wildman–Crippen LogP) is 0.846. The number of phenolic OH excluding ortho intramolecular Hbond substituents is 1. The minimum Gasteiger partial charge on any atom is -0.505 e. The van der Waals surface area contributed by atoms with Gasteiger partial charge in [-0.05, 0) is 12.1 Å². The Morgan fingerprint density at radius 1 is 1.20 bits per heavy atom. The van der Waals surface area contributed by atoms with Crippen LogP contribution < -0.4 is 0 Å². The van der Waals surface area contributed by atoms with E-state index >= 15 is 0 Å². The Balaban J connectivity index is 0.000000810. The average molecular weight is 148 g/mol. The largest absolute Gasteiger partial charge is 0.505 e. The van der Waals surface area contributed by atoms with E-state index in [4.69, 9.17) is 5.11 Å². The van der Waals surface area contributed by atoms with Gasteiger partial charge in [0.05, 0.1) is 0 Å². The van der Waals surface area contributed by atoms with Crippen LogP contribution in [0.5, 0.6) is 5.75 Å². The monoisotopic (exact) mass is 148 g/mol. The topological polar surface area (TPSA) is 51.7 Å². The van der Waals surface area contributed by atoms with Crippen LogP contribution in [0.4, 0.5) is 8.78 Å². The van der Waals surface area contributed by atoms with E-state index in [1.54, 1.807) is 0 Å². The maximum Gasteiger partial charge on any atom is 0.200 e. The second kappa shape index (κ2) is 3.12. The van der Waals surface area contributed by atoms with E-state index in [2.05, 4.69) is 0 Å². The van der Waals surface area contributed by atoms with Gasteiger partial charge in [0.25, 0.3) is 0 Å². The minimum absolute atomic E-state index is 0. The van der Waals surface area contributed by atoms with Gasteiger partial charge in [-0.1, -0.05) is 6.07 Å². The van der Waals surface area contributed by atoms with Crippen molar-refractivity contribution >= 4 is 0 Å². The SMILES string of the molecule is O.Oc1cccc(F)c1F. The molecular formula is C6H6F2O2. The highest BCUT2D eigenvalue weighted by Crippen LogP contribution is 2.16. The zero-order chi connectivity index (χ0) is 6.85. The summed E-state index contributed by atoms with van der Waals surface area (Å²) in [7, 11) is 0. The molecule has 0 fully saturated rings. The van der Waals surface area contributed by atoms with Crippen molar-refractivity contribution in [2.45, 2.75) is 0 Å². The summed E-state index contributed by atoms with van der Waals surface area (Å²) < 4.78 is 24.2. The number of hydrogen-bond acceptors (Lipinski definition) is 1. The first kappa shape index (κ1) is 8.84. The normalized spacial score (nSPS) is 8.60. The molecule has 10 heavy (non-hydrogen) atoms. The van der Waals surface area contributed by atoms with Crippen LogP contribution in [0.2, 0.25) is 0 Å². The van der Waals surface area contributed by atoms with Gasteiger partial charge in [0.15, 0.2) is 17.4 Å². The summed E-state index contributed by atoms with van der Waals surface area (Å²) in [4.78, 5) is 0. The molecule has 0 heterocycles. The molecular weight excluding hydrogens is 142 g/mol. The summed E-state index contributed by atoms with van der Waals surface area (Å²) in [6.45, 7) is 0. The first-order valence-electron chi connectivity index (χ1n) is 2.35. The number of hydrogen-bond donors (Lipinski definition) is 1. The van der Waals surface area contributed by atoms with Crippen molar-refractivity contribution in [3.8, 4) is 5.75 Å². The van der Waals surface area contributed by atoms with Gasteiger partial charge in [0.2, 0.25) is 0 Å². The zero-order valence-electron chi connectivity index (χ0n) is 4.94. The Morgan fingerprint density at radius 2 is 1.80 bits per heavy atom. The van der Waals surface area contributed by atoms with Crippen molar-refractivity contribution in [1.29, 1.82) is 0 Å². The highest BCUT2D eigenvalue weighted by molar-refractivity contribution is 5.22. The van der Waals surface area contributed by atoms with Gasteiger partial charge in [-0.2, -0.15) is 4.39 Å². The van der Waals surface area contributed by atoms with Crippen LogP contribution in [-0.2, 0) is 0 Å². The molecule has 3 N–H and O–H groups in total. The number of rotatable bonds is 0. The molecule has 0 unspecified atom stereocenters. The van der Waals surface area contributed by atoms with Gasteiger partial charge >= 0.3 is 0 Å². The van der Waals surface area contributed by atoms with Crippen LogP contribution in [0.15, 0.2) is 18.2 Å². The molecule has 0 bridgehead atoms. The maximum atomic E-state index is 12.1. The van der Waals surface area contributed by atoms with E-state index in [9.17, 15) is 8.78 Å². The Bertz CT molecular complexity index is 205. The summed E-state index contributed by atoms with van der Waals surface area (Å²) in [5.74, 6) is -2.89. The highest BCUT2D eigenvalue weighted by atomic mass is 19.2. The van der Waals surface area contributed by atoms with E-state index in [-0.39, 0.29) is 5.48 Å². The third-order valence-corrected chi connectivity index (χ3v) is 0.931. The van der Waals surface area contributed by atoms with Crippen LogP contribution in [0, 0.1) is 11.6 Å². The zero-order valence-corrected chi connectivity index (χ0v) is 4.94. The van der Waals surface area contributed by atoms with Gasteiger partial charge in [-0.15, -0.1) is 0 Å². The van der Waals surface area contributed by atoms with Gasteiger partial charge in [0, 0.05) is 0 Å². The molecule has 0 spiro atoms. The molecule has 2 nitrogen and oxygen atoms in total. The standard InChI is InChI=1S/C6H4F2O.H2O/c7-4-2-1-3-5(9)6(4)8;/h1-3,9H;1H2. The van der Waals surface area contributed by atoms with Crippen molar-refractivity contribution in [2.24, 2.45) is 0 Å². The van der Waals surface area contributed by atoms with Crippen LogP contribution in [0.1, 0.15) is 0 Å². The van der Waals surface area contributed by atoms with Crippen molar-refractivity contribution in [3.63, 3.8) is 0 Å². The summed E-state index contributed by atoms with van der Waals surface area (Å²) in [5, 5.41) is 8.49. The number of halogens is 2. The second-order valence-electron chi connectivity index (χ2n) is 1.57. The first-order chi connectivity index (χ1) is 4.22. The lowest BCUT2D eigenvalue weighted by Gasteiger charge is -1.92. The second-order valence-corrected chi connectivity index (χ2v) is 1.57. The highest BCUT2D eigenvalue weighted by Gasteiger charge is 2.03. The molecule has 0 radical (unpaired) electrons. The molecule has 0 saturated heterocycles. The number of aromatic hydroxyl groups is 1. The van der Waals surface area contributed by atoms with Gasteiger partial charge in [0.1, 0.15) is 0 Å². The fourth-order valence-corrected chi connectivity index (χ4v) is 0.492. The average Bonchev–Trinajstić information content (AvgIpc) is 1.83. The van der Waals surface area contributed by atoms with Gasteiger partial charge < -0.3 is 10.6 Å². The maximum absolute atomic E-state index is 12.1. The molecule has 0 aliphatic rings. The predicted molar refractivity (Wildman–Crippen MR) is 31.6 cm³/mol. The van der Waals surface area contributed by atoms with Gasteiger partial charge in [-0.3, -0.25) is 0 Å². The first-order valence-corrected chi connectivity index (χ1v) is 2.35.